The van der Waals surface area contributed by atoms with Crippen molar-refractivity contribution in [2.24, 2.45) is 5.10 Å². The quantitative estimate of drug-likeness (QED) is 0.575. The minimum atomic E-state index is -0.510. The van der Waals surface area contributed by atoms with Gasteiger partial charge in [0.15, 0.2) is 0 Å². The number of imidazole rings is 1. The third-order valence-electron chi connectivity index (χ3n) is 3.04. The Morgan fingerprint density at radius 3 is 3.05 bits per heavy atom. The highest BCUT2D eigenvalue weighted by atomic mass is 35.5. The van der Waals surface area contributed by atoms with E-state index in [4.69, 9.17) is 11.6 Å². The Morgan fingerprint density at radius 1 is 1.36 bits per heavy atom. The fourth-order valence-corrected chi connectivity index (χ4v) is 2.14. The van der Waals surface area contributed by atoms with E-state index in [2.05, 4.69) is 20.5 Å². The van der Waals surface area contributed by atoms with E-state index >= 15 is 0 Å². The molecule has 0 saturated carbocycles. The van der Waals surface area contributed by atoms with Crippen LogP contribution in [0, 0.1) is 5.82 Å². The SMILES string of the molecule is O=C(N/N=C\c1c(F)cccc1Cl)c1ccc2nc[nH]c2c1. The van der Waals surface area contributed by atoms with Crippen LogP contribution in [-0.2, 0) is 0 Å². The molecule has 0 atom stereocenters. The van der Waals surface area contributed by atoms with Gasteiger partial charge in [-0.05, 0) is 30.3 Å². The van der Waals surface area contributed by atoms with Gasteiger partial charge in [0.05, 0.1) is 28.6 Å². The molecule has 0 aliphatic rings. The van der Waals surface area contributed by atoms with Crippen molar-refractivity contribution in [2.75, 3.05) is 0 Å². The lowest BCUT2D eigenvalue weighted by atomic mass is 10.2. The van der Waals surface area contributed by atoms with E-state index in [1.54, 1.807) is 30.6 Å². The first kappa shape index (κ1) is 14.2. The van der Waals surface area contributed by atoms with Crippen LogP contribution in [0.15, 0.2) is 47.8 Å². The highest BCUT2D eigenvalue weighted by Gasteiger charge is 2.07. The monoisotopic (exact) mass is 316 g/mol. The molecule has 0 bridgehead atoms. The van der Waals surface area contributed by atoms with Crippen molar-refractivity contribution in [1.82, 2.24) is 15.4 Å². The minimum Gasteiger partial charge on any atom is -0.345 e. The normalized spacial score (nSPS) is 11.2. The number of H-pyrrole nitrogens is 1. The number of rotatable bonds is 3. The van der Waals surface area contributed by atoms with E-state index in [-0.39, 0.29) is 10.6 Å². The maximum Gasteiger partial charge on any atom is 0.271 e. The van der Waals surface area contributed by atoms with Crippen LogP contribution in [0.4, 0.5) is 4.39 Å². The lowest BCUT2D eigenvalue weighted by molar-refractivity contribution is 0.0955. The van der Waals surface area contributed by atoms with Crippen molar-refractivity contribution >= 4 is 34.8 Å². The van der Waals surface area contributed by atoms with Gasteiger partial charge in [0, 0.05) is 11.1 Å². The van der Waals surface area contributed by atoms with E-state index in [0.717, 1.165) is 11.0 Å². The summed E-state index contributed by atoms with van der Waals surface area (Å²) >= 11 is 5.86. The third-order valence-corrected chi connectivity index (χ3v) is 3.37. The second kappa shape index (κ2) is 5.95. The highest BCUT2D eigenvalue weighted by molar-refractivity contribution is 6.33. The predicted octanol–water partition coefficient (Wildman–Crippen LogP) is 3.12. The zero-order valence-electron chi connectivity index (χ0n) is 11.2. The van der Waals surface area contributed by atoms with Gasteiger partial charge in [-0.1, -0.05) is 17.7 Å². The number of hydrogen-bond acceptors (Lipinski definition) is 3. The summed E-state index contributed by atoms with van der Waals surface area (Å²) in [5.41, 5.74) is 4.37. The molecule has 1 heterocycles. The van der Waals surface area contributed by atoms with Crippen LogP contribution in [0.2, 0.25) is 5.02 Å². The number of hydrogen-bond donors (Lipinski definition) is 2. The first-order chi connectivity index (χ1) is 10.6. The van der Waals surface area contributed by atoms with Crippen LogP contribution in [-0.4, -0.2) is 22.1 Å². The molecule has 0 fully saturated rings. The van der Waals surface area contributed by atoms with Crippen molar-refractivity contribution in [1.29, 1.82) is 0 Å². The molecular formula is C15H10ClFN4O. The van der Waals surface area contributed by atoms with E-state index in [1.165, 1.54) is 18.3 Å². The largest absolute Gasteiger partial charge is 0.345 e. The van der Waals surface area contributed by atoms with Crippen LogP contribution in [0.5, 0.6) is 0 Å². The van der Waals surface area contributed by atoms with Crippen LogP contribution < -0.4 is 5.43 Å². The Kier molecular flexibility index (Phi) is 3.84. The maximum absolute atomic E-state index is 13.5. The Hall–Kier alpha value is -2.73. The number of nitrogens with zero attached hydrogens (tertiary/aromatic N) is 2. The predicted molar refractivity (Wildman–Crippen MR) is 82.6 cm³/mol. The van der Waals surface area contributed by atoms with Gasteiger partial charge in [0.25, 0.3) is 5.91 Å². The van der Waals surface area contributed by atoms with Gasteiger partial charge >= 0.3 is 0 Å². The van der Waals surface area contributed by atoms with Crippen LogP contribution in [0.3, 0.4) is 0 Å². The number of halogens is 2. The molecule has 0 aliphatic heterocycles. The summed E-state index contributed by atoms with van der Waals surface area (Å²) in [5, 5.41) is 3.95. The standard InChI is InChI=1S/C15H10ClFN4O/c16-11-2-1-3-12(17)10(11)7-20-21-15(22)9-4-5-13-14(6-9)19-8-18-13/h1-8H,(H,18,19)(H,21,22)/b20-7-. The summed E-state index contributed by atoms with van der Waals surface area (Å²) in [5.74, 6) is -0.926. The number of aromatic nitrogens is 2. The Bertz CT molecular complexity index is 855. The minimum absolute atomic E-state index is 0.119. The van der Waals surface area contributed by atoms with Gasteiger partial charge in [-0.3, -0.25) is 4.79 Å². The molecule has 3 rings (SSSR count). The Labute approximate surface area is 129 Å². The van der Waals surface area contributed by atoms with E-state index in [0.29, 0.717) is 5.56 Å². The Balaban J connectivity index is 1.75. The highest BCUT2D eigenvalue weighted by Crippen LogP contribution is 2.16. The lowest BCUT2D eigenvalue weighted by Gasteiger charge is -2.01. The average molecular weight is 317 g/mol. The summed E-state index contributed by atoms with van der Waals surface area (Å²) in [6.07, 6.45) is 2.72. The van der Waals surface area contributed by atoms with Crippen molar-refractivity contribution in [3.05, 3.63) is 64.7 Å². The molecule has 7 heteroatoms. The number of nitrogens with one attached hydrogen (secondary N) is 2. The maximum atomic E-state index is 13.5. The molecule has 22 heavy (non-hydrogen) atoms. The number of carbonyl (C=O) groups is 1. The molecule has 2 N–H and O–H groups in total. The van der Waals surface area contributed by atoms with Gasteiger partial charge in [0.2, 0.25) is 0 Å². The Morgan fingerprint density at radius 2 is 2.23 bits per heavy atom. The van der Waals surface area contributed by atoms with Gasteiger partial charge in [-0.2, -0.15) is 5.10 Å². The van der Waals surface area contributed by atoms with Crippen LogP contribution in [0.25, 0.3) is 11.0 Å². The van der Waals surface area contributed by atoms with Crippen molar-refractivity contribution in [2.45, 2.75) is 0 Å². The first-order valence-electron chi connectivity index (χ1n) is 6.36. The summed E-state index contributed by atoms with van der Waals surface area (Å²) in [4.78, 5) is 19.0. The number of aromatic amines is 1. The van der Waals surface area contributed by atoms with Crippen LogP contribution in [0.1, 0.15) is 15.9 Å². The zero-order valence-corrected chi connectivity index (χ0v) is 11.9. The van der Waals surface area contributed by atoms with E-state index in [1.807, 2.05) is 0 Å². The van der Waals surface area contributed by atoms with Crippen molar-refractivity contribution < 1.29 is 9.18 Å². The molecule has 0 radical (unpaired) electrons. The third kappa shape index (κ3) is 2.82. The molecule has 0 spiro atoms. The molecule has 2 aromatic carbocycles. The number of benzene rings is 2. The van der Waals surface area contributed by atoms with Gasteiger partial charge in [-0.25, -0.2) is 14.8 Å². The van der Waals surface area contributed by atoms with Gasteiger partial charge < -0.3 is 4.98 Å². The second-order valence-corrected chi connectivity index (χ2v) is 4.88. The fourth-order valence-electron chi connectivity index (χ4n) is 1.93. The van der Waals surface area contributed by atoms with Gasteiger partial charge in [0.1, 0.15) is 5.82 Å². The van der Waals surface area contributed by atoms with Crippen molar-refractivity contribution in [3.8, 4) is 0 Å². The molecule has 1 aromatic heterocycles. The number of carbonyl (C=O) groups excluding carboxylic acids is 1. The molecule has 5 nitrogen and oxygen atoms in total. The topological polar surface area (TPSA) is 70.1 Å². The van der Waals surface area contributed by atoms with Crippen LogP contribution >= 0.6 is 11.6 Å². The molecular weight excluding hydrogens is 307 g/mol. The van der Waals surface area contributed by atoms with E-state index in [9.17, 15) is 9.18 Å². The number of amides is 1. The zero-order chi connectivity index (χ0) is 15.5. The number of fused-ring (bicyclic) bond motifs is 1. The lowest BCUT2D eigenvalue weighted by Crippen LogP contribution is -2.17. The fraction of sp³-hybridized carbons (Fsp3) is 0. The average Bonchev–Trinajstić information content (AvgIpc) is 2.97. The molecule has 0 unspecified atom stereocenters. The summed E-state index contributed by atoms with van der Waals surface area (Å²) in [6.45, 7) is 0. The summed E-state index contributed by atoms with van der Waals surface area (Å²) < 4.78 is 13.5. The molecule has 1 amide bonds. The summed E-state index contributed by atoms with van der Waals surface area (Å²) in [6, 6.07) is 9.31. The second-order valence-electron chi connectivity index (χ2n) is 4.47. The molecule has 0 aliphatic carbocycles. The van der Waals surface area contributed by atoms with Crippen molar-refractivity contribution in [3.63, 3.8) is 0 Å². The number of hydrazone groups is 1. The molecule has 3 aromatic rings. The van der Waals surface area contributed by atoms with E-state index < -0.39 is 11.7 Å². The summed E-state index contributed by atoms with van der Waals surface area (Å²) in [7, 11) is 0. The molecule has 0 saturated heterocycles. The molecule has 110 valence electrons. The van der Waals surface area contributed by atoms with Gasteiger partial charge in [-0.15, -0.1) is 0 Å². The first-order valence-corrected chi connectivity index (χ1v) is 6.73. The smallest absolute Gasteiger partial charge is 0.271 e.